The Hall–Kier alpha value is -5.17. The third-order valence-corrected chi connectivity index (χ3v) is 5.07. The van der Waals surface area contributed by atoms with Gasteiger partial charge in [-0.25, -0.2) is 9.79 Å². The van der Waals surface area contributed by atoms with Crippen molar-refractivity contribution < 1.29 is 29.0 Å². The van der Waals surface area contributed by atoms with E-state index in [1.54, 1.807) is 12.1 Å². The first-order valence-corrected chi connectivity index (χ1v) is 10.2. The summed E-state index contributed by atoms with van der Waals surface area (Å²) in [5.74, 6) is -1.04. The number of esters is 1. The molecular weight excluding hydrogens is 500 g/mol. The Balaban J connectivity index is 1.62. The molecule has 0 spiro atoms. The molecular formula is C22H11ClN4O9. The molecule has 0 radical (unpaired) electrons. The van der Waals surface area contributed by atoms with Crippen LogP contribution in [0.2, 0.25) is 5.02 Å². The molecule has 0 saturated carbocycles. The lowest BCUT2D eigenvalue weighted by atomic mass is 10.2. The Labute approximate surface area is 205 Å². The highest BCUT2D eigenvalue weighted by Crippen LogP contribution is 2.35. The van der Waals surface area contributed by atoms with E-state index >= 15 is 0 Å². The molecule has 13 nitrogen and oxygen atoms in total. The normalized spacial score (nSPS) is 13.8. The van der Waals surface area contributed by atoms with Crippen molar-refractivity contribution >= 4 is 46.6 Å². The van der Waals surface area contributed by atoms with Gasteiger partial charge in [0, 0.05) is 17.7 Å². The van der Waals surface area contributed by atoms with Crippen molar-refractivity contribution in [3.05, 3.63) is 113 Å². The number of nitro benzene ring substituents is 3. The van der Waals surface area contributed by atoms with Crippen molar-refractivity contribution in [2.24, 2.45) is 4.99 Å². The zero-order valence-electron chi connectivity index (χ0n) is 17.7. The smallest absolute Gasteiger partial charge is 0.363 e. The number of carbonyl (C=O) groups excluding carboxylic acids is 1. The third kappa shape index (κ3) is 5.00. The maximum absolute atomic E-state index is 12.3. The summed E-state index contributed by atoms with van der Waals surface area (Å²) >= 11 is 5.80. The second kappa shape index (κ2) is 9.60. The number of hydrogen-bond acceptors (Lipinski definition) is 10. The van der Waals surface area contributed by atoms with Crippen LogP contribution < -0.4 is 4.74 Å². The van der Waals surface area contributed by atoms with E-state index in [0.29, 0.717) is 5.56 Å². The van der Waals surface area contributed by atoms with Gasteiger partial charge in [0.15, 0.2) is 5.70 Å². The van der Waals surface area contributed by atoms with Gasteiger partial charge in [0.25, 0.3) is 11.4 Å². The minimum atomic E-state index is -0.806. The summed E-state index contributed by atoms with van der Waals surface area (Å²) in [6, 6.07) is 12.9. The molecule has 0 atom stereocenters. The van der Waals surface area contributed by atoms with Gasteiger partial charge in [0.2, 0.25) is 11.6 Å². The van der Waals surface area contributed by atoms with E-state index in [0.717, 1.165) is 24.3 Å². The molecule has 0 bridgehead atoms. The fourth-order valence-corrected chi connectivity index (χ4v) is 3.31. The molecule has 0 saturated heterocycles. The largest absolute Gasteiger partial charge is 0.450 e. The van der Waals surface area contributed by atoms with Gasteiger partial charge in [-0.15, -0.1) is 0 Å². The topological polar surface area (TPSA) is 177 Å². The molecule has 0 unspecified atom stereocenters. The summed E-state index contributed by atoms with van der Waals surface area (Å²) in [6.45, 7) is 0. The lowest BCUT2D eigenvalue weighted by Crippen LogP contribution is -2.06. The summed E-state index contributed by atoms with van der Waals surface area (Å²) in [7, 11) is 0. The van der Waals surface area contributed by atoms with Crippen LogP contribution in [0.5, 0.6) is 11.5 Å². The Morgan fingerprint density at radius 3 is 2.33 bits per heavy atom. The molecule has 3 aromatic carbocycles. The van der Waals surface area contributed by atoms with Crippen LogP contribution in [-0.4, -0.2) is 26.6 Å². The minimum Gasteiger partial charge on any atom is -0.450 e. The van der Waals surface area contributed by atoms with E-state index in [-0.39, 0.29) is 39.4 Å². The summed E-state index contributed by atoms with van der Waals surface area (Å²) in [5.41, 5.74) is -0.969. The summed E-state index contributed by atoms with van der Waals surface area (Å²) in [4.78, 5) is 47.5. The van der Waals surface area contributed by atoms with Gasteiger partial charge in [-0.3, -0.25) is 30.3 Å². The van der Waals surface area contributed by atoms with Gasteiger partial charge in [0.05, 0.1) is 20.8 Å². The van der Waals surface area contributed by atoms with Crippen LogP contribution in [0.25, 0.3) is 6.08 Å². The van der Waals surface area contributed by atoms with Crippen molar-refractivity contribution in [2.75, 3.05) is 0 Å². The number of carbonyl (C=O) groups is 1. The Morgan fingerprint density at radius 2 is 1.64 bits per heavy atom. The number of halogens is 1. The Kier molecular flexibility index (Phi) is 6.39. The molecule has 1 heterocycles. The first-order valence-electron chi connectivity index (χ1n) is 9.80. The van der Waals surface area contributed by atoms with Crippen molar-refractivity contribution in [1.82, 2.24) is 0 Å². The molecule has 0 N–H and O–H groups in total. The summed E-state index contributed by atoms with van der Waals surface area (Å²) in [6.07, 6.45) is 1.36. The molecule has 0 amide bonds. The van der Waals surface area contributed by atoms with Crippen LogP contribution in [0.3, 0.4) is 0 Å². The number of nitrogens with zero attached hydrogens (tertiary/aromatic N) is 4. The fraction of sp³-hybridized carbons (Fsp3) is 0. The SMILES string of the molecule is O=C1OC(c2ccc(Cl)c([N+](=O)[O-])c2)=N/C1=C\c1cccc(Oc2ccc([N+](=O)[O-])cc2[N+](=O)[O-])c1. The number of cyclic esters (lactones) is 1. The van der Waals surface area contributed by atoms with Gasteiger partial charge in [-0.2, -0.15) is 0 Å². The van der Waals surface area contributed by atoms with Crippen LogP contribution >= 0.6 is 11.6 Å². The maximum atomic E-state index is 12.3. The van der Waals surface area contributed by atoms with Crippen molar-refractivity contribution in [3.63, 3.8) is 0 Å². The average molecular weight is 511 g/mol. The standard InChI is InChI=1S/C22H11ClN4O9/c23-16-6-4-13(10-18(16)26(31)32)21-24-17(22(28)36-21)9-12-2-1-3-15(8-12)35-20-7-5-14(25(29)30)11-19(20)27(33)34/h1-11H/b17-9-. The lowest BCUT2D eigenvalue weighted by molar-refractivity contribution is -0.394. The van der Waals surface area contributed by atoms with E-state index < -0.39 is 32.1 Å². The number of hydrogen-bond donors (Lipinski definition) is 0. The lowest BCUT2D eigenvalue weighted by Gasteiger charge is -2.07. The molecule has 14 heteroatoms. The average Bonchev–Trinajstić information content (AvgIpc) is 3.19. The fourth-order valence-electron chi connectivity index (χ4n) is 3.12. The highest BCUT2D eigenvalue weighted by atomic mass is 35.5. The zero-order valence-corrected chi connectivity index (χ0v) is 18.4. The minimum absolute atomic E-state index is 0.0884. The van der Waals surface area contributed by atoms with Gasteiger partial charge < -0.3 is 9.47 Å². The monoisotopic (exact) mass is 510 g/mol. The zero-order chi connectivity index (χ0) is 26.0. The van der Waals surface area contributed by atoms with Crippen LogP contribution in [-0.2, 0) is 9.53 Å². The molecule has 1 aliphatic heterocycles. The molecule has 3 aromatic rings. The van der Waals surface area contributed by atoms with Crippen LogP contribution in [0.4, 0.5) is 17.1 Å². The molecule has 0 aliphatic carbocycles. The predicted octanol–water partition coefficient (Wildman–Crippen LogP) is 5.20. The number of rotatable bonds is 7. The van der Waals surface area contributed by atoms with Crippen molar-refractivity contribution in [2.45, 2.75) is 0 Å². The highest BCUT2D eigenvalue weighted by Gasteiger charge is 2.26. The first kappa shape index (κ1) is 24.0. The summed E-state index contributed by atoms with van der Waals surface area (Å²) in [5, 5.41) is 33.3. The Bertz CT molecular complexity index is 1520. The van der Waals surface area contributed by atoms with Crippen LogP contribution in [0.15, 0.2) is 71.4 Å². The molecule has 0 aromatic heterocycles. The highest BCUT2D eigenvalue weighted by molar-refractivity contribution is 6.32. The summed E-state index contributed by atoms with van der Waals surface area (Å²) < 4.78 is 10.7. The molecule has 180 valence electrons. The number of aliphatic imine (C=N–C) groups is 1. The van der Waals surface area contributed by atoms with Gasteiger partial charge in [-0.05, 0) is 42.0 Å². The number of ether oxygens (including phenoxy) is 2. The van der Waals surface area contributed by atoms with Crippen LogP contribution in [0.1, 0.15) is 11.1 Å². The first-order chi connectivity index (χ1) is 17.1. The van der Waals surface area contributed by atoms with Crippen LogP contribution in [0, 0.1) is 30.3 Å². The third-order valence-electron chi connectivity index (χ3n) is 4.75. The molecule has 36 heavy (non-hydrogen) atoms. The molecule has 4 rings (SSSR count). The second-order valence-corrected chi connectivity index (χ2v) is 7.51. The van der Waals surface area contributed by atoms with Gasteiger partial charge >= 0.3 is 11.7 Å². The van der Waals surface area contributed by atoms with Crippen molar-refractivity contribution in [1.29, 1.82) is 0 Å². The van der Waals surface area contributed by atoms with Gasteiger partial charge in [0.1, 0.15) is 10.8 Å². The van der Waals surface area contributed by atoms with E-state index in [1.807, 2.05) is 0 Å². The molecule has 1 aliphatic rings. The predicted molar refractivity (Wildman–Crippen MR) is 125 cm³/mol. The Morgan fingerprint density at radius 1 is 0.889 bits per heavy atom. The number of non-ortho nitro benzene ring substituents is 1. The molecule has 0 fully saturated rings. The van der Waals surface area contributed by atoms with E-state index in [4.69, 9.17) is 21.1 Å². The number of nitro groups is 3. The van der Waals surface area contributed by atoms with E-state index in [2.05, 4.69) is 4.99 Å². The van der Waals surface area contributed by atoms with Gasteiger partial charge in [-0.1, -0.05) is 23.7 Å². The van der Waals surface area contributed by atoms with Crippen molar-refractivity contribution in [3.8, 4) is 11.5 Å². The maximum Gasteiger partial charge on any atom is 0.363 e. The quantitative estimate of drug-likeness (QED) is 0.179. The van der Waals surface area contributed by atoms with E-state index in [9.17, 15) is 35.1 Å². The number of benzene rings is 3. The van der Waals surface area contributed by atoms with E-state index in [1.165, 1.54) is 30.3 Å². The second-order valence-electron chi connectivity index (χ2n) is 7.10.